The molecule has 0 aromatic heterocycles. The van der Waals surface area contributed by atoms with Crippen LogP contribution in [0.1, 0.15) is 34.6 Å². The average Bonchev–Trinajstić information content (AvgIpc) is 3.05. The lowest BCUT2D eigenvalue weighted by Crippen LogP contribution is -2.48. The number of carbonyl (C=O) groups is 1. The van der Waals surface area contributed by atoms with E-state index in [4.69, 9.17) is 9.16 Å². The van der Waals surface area contributed by atoms with Crippen LogP contribution in [0.25, 0.3) is 0 Å². The zero-order valence-corrected chi connectivity index (χ0v) is 14.2. The van der Waals surface area contributed by atoms with Crippen LogP contribution < -0.4 is 0 Å². The molecule has 0 saturated carbocycles. The van der Waals surface area contributed by atoms with E-state index in [-0.39, 0.29) is 23.2 Å². The molecule has 0 aliphatic carbocycles. The van der Waals surface area contributed by atoms with Gasteiger partial charge >= 0.3 is 5.97 Å². The number of hydrogen-bond acceptors (Lipinski definition) is 3. The van der Waals surface area contributed by atoms with Gasteiger partial charge in [0.25, 0.3) is 0 Å². The van der Waals surface area contributed by atoms with Crippen molar-refractivity contribution in [3.05, 3.63) is 0 Å². The van der Waals surface area contributed by atoms with E-state index in [1.165, 1.54) is 0 Å². The van der Waals surface area contributed by atoms with Crippen molar-refractivity contribution in [1.82, 2.24) is 0 Å². The molecule has 1 saturated heterocycles. The van der Waals surface area contributed by atoms with Crippen molar-refractivity contribution in [2.45, 2.75) is 65.0 Å². The maximum atomic E-state index is 11.2. The maximum absolute atomic E-state index is 11.2. The maximum Gasteiger partial charge on any atom is 0.306 e. The van der Waals surface area contributed by atoms with Crippen LogP contribution in [0.5, 0.6) is 0 Å². The van der Waals surface area contributed by atoms with Gasteiger partial charge in [0.15, 0.2) is 8.32 Å². The van der Waals surface area contributed by atoms with Gasteiger partial charge in [0.2, 0.25) is 0 Å². The number of carboxylic acids is 1. The van der Waals surface area contributed by atoms with E-state index in [1.807, 2.05) is 6.92 Å². The zero-order chi connectivity index (χ0) is 15.0. The Bertz CT molecular complexity index is 331. The minimum atomic E-state index is -1.91. The molecule has 5 heteroatoms. The number of epoxide rings is 1. The SMILES string of the molecule is C[C@H]([C@@H](O[Si](C)(C)C(C)(C)C)[C@H]1CO1)[C@H](C)C(=O)O. The van der Waals surface area contributed by atoms with E-state index in [2.05, 4.69) is 33.9 Å². The minimum absolute atomic E-state index is 0.0425. The van der Waals surface area contributed by atoms with E-state index < -0.39 is 20.2 Å². The third-order valence-corrected chi connectivity index (χ3v) is 9.13. The van der Waals surface area contributed by atoms with Crippen LogP contribution in [-0.4, -0.2) is 38.2 Å². The number of rotatable bonds is 6. The van der Waals surface area contributed by atoms with Crippen LogP contribution in [-0.2, 0) is 14.0 Å². The van der Waals surface area contributed by atoms with Gasteiger partial charge in [-0.3, -0.25) is 4.79 Å². The zero-order valence-electron chi connectivity index (χ0n) is 13.2. The molecular weight excluding hydrogens is 260 g/mol. The summed E-state index contributed by atoms with van der Waals surface area (Å²) in [6.45, 7) is 15.4. The highest BCUT2D eigenvalue weighted by atomic mass is 28.4. The lowest BCUT2D eigenvalue weighted by atomic mass is 9.89. The second-order valence-corrected chi connectivity index (χ2v) is 12.0. The highest BCUT2D eigenvalue weighted by Gasteiger charge is 2.47. The lowest BCUT2D eigenvalue weighted by molar-refractivity contribution is -0.144. The van der Waals surface area contributed by atoms with Crippen molar-refractivity contribution in [3.63, 3.8) is 0 Å². The Balaban J connectivity index is 2.82. The standard InChI is InChI=1S/C14H28O4Si/c1-9(10(2)13(15)16)12(11-8-17-11)18-19(6,7)14(3,4)5/h9-12H,8H2,1-7H3,(H,15,16)/t9-,10-,11+,12+/m0/s1. The van der Waals surface area contributed by atoms with E-state index in [0.717, 1.165) is 0 Å². The second-order valence-electron chi connectivity index (χ2n) is 7.20. The molecular formula is C14H28O4Si. The molecule has 1 N–H and O–H groups in total. The predicted octanol–water partition coefficient (Wildman–Crippen LogP) is 3.13. The van der Waals surface area contributed by atoms with Gasteiger partial charge in [-0.25, -0.2) is 0 Å². The van der Waals surface area contributed by atoms with Crippen LogP contribution in [0.15, 0.2) is 0 Å². The Kier molecular flexibility index (Phi) is 4.86. The molecule has 0 unspecified atom stereocenters. The third-order valence-electron chi connectivity index (χ3n) is 4.66. The molecule has 19 heavy (non-hydrogen) atoms. The predicted molar refractivity (Wildman–Crippen MR) is 77.8 cm³/mol. The second kappa shape index (κ2) is 5.54. The molecule has 0 aromatic carbocycles. The first kappa shape index (κ1) is 16.7. The van der Waals surface area contributed by atoms with Gasteiger partial charge in [-0.2, -0.15) is 0 Å². The Labute approximate surface area is 117 Å². The summed E-state index contributed by atoms with van der Waals surface area (Å²) in [5.41, 5.74) is 0. The van der Waals surface area contributed by atoms with Gasteiger partial charge in [0.05, 0.1) is 18.6 Å². The van der Waals surface area contributed by atoms with Crippen LogP contribution in [0, 0.1) is 11.8 Å². The lowest BCUT2D eigenvalue weighted by Gasteiger charge is -2.41. The summed E-state index contributed by atoms with van der Waals surface area (Å²) in [7, 11) is -1.91. The van der Waals surface area contributed by atoms with E-state index in [9.17, 15) is 9.90 Å². The molecule has 1 aliphatic heterocycles. The normalized spacial score (nSPS) is 24.7. The van der Waals surface area contributed by atoms with Crippen molar-refractivity contribution in [3.8, 4) is 0 Å². The van der Waals surface area contributed by atoms with Crippen LogP contribution >= 0.6 is 0 Å². The fourth-order valence-corrected chi connectivity index (χ4v) is 3.19. The molecule has 4 nitrogen and oxygen atoms in total. The van der Waals surface area contributed by atoms with E-state index in [0.29, 0.717) is 6.61 Å². The van der Waals surface area contributed by atoms with Crippen LogP contribution in [0.2, 0.25) is 18.1 Å². The Morgan fingerprint density at radius 3 is 2.16 bits per heavy atom. The van der Waals surface area contributed by atoms with Crippen molar-refractivity contribution in [2.75, 3.05) is 6.61 Å². The first-order valence-electron chi connectivity index (χ1n) is 6.99. The number of hydrogen-bond donors (Lipinski definition) is 1. The number of ether oxygens (including phenoxy) is 1. The average molecular weight is 288 g/mol. The van der Waals surface area contributed by atoms with Gasteiger partial charge in [-0.15, -0.1) is 0 Å². The molecule has 0 aromatic rings. The summed E-state index contributed by atoms with van der Waals surface area (Å²) >= 11 is 0. The molecule has 1 aliphatic rings. The Morgan fingerprint density at radius 2 is 1.84 bits per heavy atom. The summed E-state index contributed by atoms with van der Waals surface area (Å²) in [5.74, 6) is -1.23. The largest absolute Gasteiger partial charge is 0.481 e. The highest BCUT2D eigenvalue weighted by molar-refractivity contribution is 6.74. The third kappa shape index (κ3) is 4.03. The topological polar surface area (TPSA) is 59.1 Å². The molecule has 1 rings (SSSR count). The minimum Gasteiger partial charge on any atom is -0.481 e. The molecule has 0 amide bonds. The summed E-state index contributed by atoms with van der Waals surface area (Å²) in [4.78, 5) is 11.2. The van der Waals surface area contributed by atoms with E-state index in [1.54, 1.807) is 6.92 Å². The molecule has 0 spiro atoms. The van der Waals surface area contributed by atoms with Crippen molar-refractivity contribution in [1.29, 1.82) is 0 Å². The monoisotopic (exact) mass is 288 g/mol. The van der Waals surface area contributed by atoms with Gasteiger partial charge in [-0.05, 0) is 24.1 Å². The van der Waals surface area contributed by atoms with Crippen LogP contribution in [0.4, 0.5) is 0 Å². The van der Waals surface area contributed by atoms with Crippen LogP contribution in [0.3, 0.4) is 0 Å². The van der Waals surface area contributed by atoms with Gasteiger partial charge in [-0.1, -0.05) is 34.6 Å². The highest BCUT2D eigenvalue weighted by Crippen LogP contribution is 2.40. The van der Waals surface area contributed by atoms with Crippen molar-refractivity contribution in [2.24, 2.45) is 11.8 Å². The fraction of sp³-hybridized carbons (Fsp3) is 0.929. The molecule has 1 heterocycles. The summed E-state index contributed by atoms with van der Waals surface area (Å²) in [5, 5.41) is 9.29. The van der Waals surface area contributed by atoms with Gasteiger partial charge in [0, 0.05) is 0 Å². The van der Waals surface area contributed by atoms with Crippen molar-refractivity contribution < 1.29 is 19.1 Å². The first-order chi connectivity index (χ1) is 8.47. The molecule has 0 radical (unpaired) electrons. The Hall–Kier alpha value is -0.393. The summed E-state index contributed by atoms with van der Waals surface area (Å²) in [6.07, 6.45) is -0.0297. The molecule has 4 atom stereocenters. The van der Waals surface area contributed by atoms with Crippen molar-refractivity contribution >= 4 is 14.3 Å². The smallest absolute Gasteiger partial charge is 0.306 e. The first-order valence-corrected chi connectivity index (χ1v) is 9.90. The van der Waals surface area contributed by atoms with Gasteiger partial charge in [0.1, 0.15) is 6.10 Å². The summed E-state index contributed by atoms with van der Waals surface area (Å²) < 4.78 is 11.8. The summed E-state index contributed by atoms with van der Waals surface area (Å²) in [6, 6.07) is 0. The Morgan fingerprint density at radius 1 is 1.37 bits per heavy atom. The fourth-order valence-electron chi connectivity index (χ4n) is 1.79. The molecule has 1 fully saturated rings. The van der Waals surface area contributed by atoms with E-state index >= 15 is 0 Å². The number of aliphatic carboxylic acids is 1. The van der Waals surface area contributed by atoms with Gasteiger partial charge < -0.3 is 14.3 Å². The molecule has 112 valence electrons. The molecule has 0 bridgehead atoms. The quantitative estimate of drug-likeness (QED) is 0.602. The number of carboxylic acid groups (broad SMARTS) is 1.